The van der Waals surface area contributed by atoms with Gasteiger partial charge in [-0.1, -0.05) is 0 Å². The van der Waals surface area contributed by atoms with Crippen molar-refractivity contribution in [3.05, 3.63) is 53.7 Å². The molecule has 1 aromatic carbocycles. The van der Waals surface area contributed by atoms with Gasteiger partial charge in [0.15, 0.2) is 0 Å². The molecular formula is C13H9N3O2. The van der Waals surface area contributed by atoms with Crippen LogP contribution in [0, 0.1) is 11.3 Å². The van der Waals surface area contributed by atoms with E-state index in [1.807, 2.05) is 6.07 Å². The first-order chi connectivity index (χ1) is 8.70. The Morgan fingerprint density at radius 3 is 2.61 bits per heavy atom. The molecule has 0 fully saturated rings. The Morgan fingerprint density at radius 2 is 2.00 bits per heavy atom. The monoisotopic (exact) mass is 239 g/mol. The lowest BCUT2D eigenvalue weighted by Crippen LogP contribution is -2.10. The summed E-state index contributed by atoms with van der Waals surface area (Å²) < 4.78 is 5.45. The van der Waals surface area contributed by atoms with Crippen molar-refractivity contribution in [1.29, 1.82) is 5.26 Å². The summed E-state index contributed by atoms with van der Waals surface area (Å²) in [6, 6.07) is 11.5. The SMILES string of the molecule is N#Cc1cccnc1Oc1ccc(C(N)=O)cc1. The van der Waals surface area contributed by atoms with Crippen LogP contribution in [0.4, 0.5) is 0 Å². The molecule has 0 unspecified atom stereocenters. The van der Waals surface area contributed by atoms with Crippen LogP contribution >= 0.6 is 0 Å². The molecule has 1 heterocycles. The van der Waals surface area contributed by atoms with Crippen LogP contribution in [0.1, 0.15) is 15.9 Å². The average Bonchev–Trinajstić information content (AvgIpc) is 2.40. The van der Waals surface area contributed by atoms with E-state index in [0.717, 1.165) is 0 Å². The van der Waals surface area contributed by atoms with Crippen LogP contribution in [-0.4, -0.2) is 10.9 Å². The highest BCUT2D eigenvalue weighted by Gasteiger charge is 2.06. The molecule has 0 saturated carbocycles. The number of hydrogen-bond acceptors (Lipinski definition) is 4. The maximum absolute atomic E-state index is 10.9. The molecule has 2 aromatic rings. The minimum atomic E-state index is -0.503. The molecule has 0 atom stereocenters. The predicted octanol–water partition coefficient (Wildman–Crippen LogP) is 1.84. The van der Waals surface area contributed by atoms with Gasteiger partial charge in [-0.2, -0.15) is 5.26 Å². The van der Waals surface area contributed by atoms with Gasteiger partial charge in [0.2, 0.25) is 11.8 Å². The maximum atomic E-state index is 10.9. The Labute approximate surface area is 103 Å². The molecule has 0 saturated heterocycles. The molecule has 1 aromatic heterocycles. The summed E-state index contributed by atoms with van der Waals surface area (Å²) in [5, 5.41) is 8.88. The van der Waals surface area contributed by atoms with E-state index in [2.05, 4.69) is 4.98 Å². The maximum Gasteiger partial charge on any atom is 0.248 e. The van der Waals surface area contributed by atoms with Crippen LogP contribution in [0.3, 0.4) is 0 Å². The number of hydrogen-bond donors (Lipinski definition) is 1. The molecule has 0 spiro atoms. The summed E-state index contributed by atoms with van der Waals surface area (Å²) in [7, 11) is 0. The van der Waals surface area contributed by atoms with Crippen LogP contribution in [0.25, 0.3) is 0 Å². The number of ether oxygens (including phenoxy) is 1. The number of aromatic nitrogens is 1. The summed E-state index contributed by atoms with van der Waals surface area (Å²) in [5.74, 6) is 0.208. The van der Waals surface area contributed by atoms with Crippen molar-refractivity contribution in [1.82, 2.24) is 4.98 Å². The molecule has 0 aliphatic rings. The fourth-order valence-corrected chi connectivity index (χ4v) is 1.36. The van der Waals surface area contributed by atoms with Gasteiger partial charge >= 0.3 is 0 Å². The second kappa shape index (κ2) is 4.97. The lowest BCUT2D eigenvalue weighted by atomic mass is 10.2. The van der Waals surface area contributed by atoms with E-state index < -0.39 is 5.91 Å². The van der Waals surface area contributed by atoms with Gasteiger partial charge in [0.1, 0.15) is 17.4 Å². The molecule has 5 heteroatoms. The third-order valence-corrected chi connectivity index (χ3v) is 2.24. The lowest BCUT2D eigenvalue weighted by molar-refractivity contribution is 0.100. The lowest BCUT2D eigenvalue weighted by Gasteiger charge is -2.05. The number of nitrogens with two attached hydrogens (primary N) is 1. The number of nitrogens with zero attached hydrogens (tertiary/aromatic N) is 2. The van der Waals surface area contributed by atoms with Gasteiger partial charge in [-0.3, -0.25) is 4.79 Å². The van der Waals surface area contributed by atoms with Gasteiger partial charge in [0.25, 0.3) is 0 Å². The largest absolute Gasteiger partial charge is 0.438 e. The van der Waals surface area contributed by atoms with Gasteiger partial charge in [-0.05, 0) is 36.4 Å². The molecule has 0 bridgehead atoms. The second-order valence-corrected chi connectivity index (χ2v) is 3.46. The summed E-state index contributed by atoms with van der Waals surface area (Å²) in [6.45, 7) is 0. The molecular weight excluding hydrogens is 230 g/mol. The quantitative estimate of drug-likeness (QED) is 0.884. The number of nitriles is 1. The Kier molecular flexibility index (Phi) is 3.21. The second-order valence-electron chi connectivity index (χ2n) is 3.46. The number of benzene rings is 1. The molecule has 2 rings (SSSR count). The zero-order valence-corrected chi connectivity index (χ0v) is 9.33. The van der Waals surface area contributed by atoms with Crippen LogP contribution in [-0.2, 0) is 0 Å². The van der Waals surface area contributed by atoms with Crippen molar-refractivity contribution in [3.63, 3.8) is 0 Å². The van der Waals surface area contributed by atoms with E-state index in [1.165, 1.54) is 6.20 Å². The Bertz CT molecular complexity index is 615. The standard InChI is InChI=1S/C13H9N3O2/c14-8-10-2-1-7-16-13(10)18-11-5-3-9(4-6-11)12(15)17/h1-7H,(H2,15,17). The van der Waals surface area contributed by atoms with E-state index in [1.54, 1.807) is 36.4 Å². The fraction of sp³-hybridized carbons (Fsp3) is 0. The molecule has 18 heavy (non-hydrogen) atoms. The minimum absolute atomic E-state index is 0.229. The molecule has 88 valence electrons. The van der Waals surface area contributed by atoms with Crippen LogP contribution in [0.2, 0.25) is 0 Å². The first-order valence-corrected chi connectivity index (χ1v) is 5.13. The third-order valence-electron chi connectivity index (χ3n) is 2.24. The highest BCUT2D eigenvalue weighted by Crippen LogP contribution is 2.22. The fourth-order valence-electron chi connectivity index (χ4n) is 1.36. The van der Waals surface area contributed by atoms with E-state index >= 15 is 0 Å². The number of carbonyl (C=O) groups is 1. The number of carbonyl (C=O) groups excluding carboxylic acids is 1. The summed E-state index contributed by atoms with van der Waals surface area (Å²) in [4.78, 5) is 14.9. The van der Waals surface area contributed by atoms with E-state index in [0.29, 0.717) is 16.9 Å². The van der Waals surface area contributed by atoms with Gasteiger partial charge in [0.05, 0.1) is 0 Å². The van der Waals surface area contributed by atoms with Crippen molar-refractivity contribution in [2.24, 2.45) is 5.73 Å². The number of rotatable bonds is 3. The average molecular weight is 239 g/mol. The van der Waals surface area contributed by atoms with E-state index in [4.69, 9.17) is 15.7 Å². The van der Waals surface area contributed by atoms with Gasteiger partial charge in [-0.15, -0.1) is 0 Å². The van der Waals surface area contributed by atoms with Gasteiger partial charge in [0, 0.05) is 11.8 Å². The molecule has 0 radical (unpaired) electrons. The highest BCUT2D eigenvalue weighted by molar-refractivity contribution is 5.92. The number of primary amides is 1. The molecule has 0 aliphatic heterocycles. The first-order valence-electron chi connectivity index (χ1n) is 5.13. The smallest absolute Gasteiger partial charge is 0.248 e. The van der Waals surface area contributed by atoms with Crippen LogP contribution in [0.5, 0.6) is 11.6 Å². The number of amides is 1. The van der Waals surface area contributed by atoms with Crippen molar-refractivity contribution >= 4 is 5.91 Å². The molecule has 1 amide bonds. The predicted molar refractivity (Wildman–Crippen MR) is 64.0 cm³/mol. The zero-order chi connectivity index (χ0) is 13.0. The zero-order valence-electron chi connectivity index (χ0n) is 9.33. The Morgan fingerprint density at radius 1 is 1.28 bits per heavy atom. The third kappa shape index (κ3) is 2.44. The number of pyridine rings is 1. The van der Waals surface area contributed by atoms with Gasteiger partial charge < -0.3 is 10.5 Å². The highest BCUT2D eigenvalue weighted by atomic mass is 16.5. The van der Waals surface area contributed by atoms with Crippen molar-refractivity contribution < 1.29 is 9.53 Å². The van der Waals surface area contributed by atoms with Crippen molar-refractivity contribution in [2.45, 2.75) is 0 Å². The minimum Gasteiger partial charge on any atom is -0.438 e. The van der Waals surface area contributed by atoms with Gasteiger partial charge in [-0.25, -0.2) is 4.98 Å². The van der Waals surface area contributed by atoms with Crippen molar-refractivity contribution in [2.75, 3.05) is 0 Å². The topological polar surface area (TPSA) is 89.0 Å². The van der Waals surface area contributed by atoms with Crippen molar-refractivity contribution in [3.8, 4) is 17.7 Å². The normalized spacial score (nSPS) is 9.50. The molecule has 5 nitrogen and oxygen atoms in total. The van der Waals surface area contributed by atoms with Crippen LogP contribution in [0.15, 0.2) is 42.6 Å². The molecule has 0 aliphatic carbocycles. The summed E-state index contributed by atoms with van der Waals surface area (Å²) >= 11 is 0. The molecule has 2 N–H and O–H groups in total. The van der Waals surface area contributed by atoms with E-state index in [9.17, 15) is 4.79 Å². The van der Waals surface area contributed by atoms with Crippen LogP contribution < -0.4 is 10.5 Å². The summed E-state index contributed by atoms with van der Waals surface area (Å²) in [5.41, 5.74) is 5.86. The summed E-state index contributed by atoms with van der Waals surface area (Å²) in [6.07, 6.45) is 1.54. The Hall–Kier alpha value is -2.87. The first kappa shape index (κ1) is 11.6. The Balaban J connectivity index is 2.24. The van der Waals surface area contributed by atoms with E-state index in [-0.39, 0.29) is 5.88 Å².